The highest BCUT2D eigenvalue weighted by Crippen LogP contribution is 2.37. The maximum atomic E-state index is 13.8. The van der Waals surface area contributed by atoms with Crippen LogP contribution in [0.5, 0.6) is 0 Å². The van der Waals surface area contributed by atoms with Gasteiger partial charge in [-0.3, -0.25) is 4.79 Å². The molecule has 0 spiro atoms. The van der Waals surface area contributed by atoms with Gasteiger partial charge in [0, 0.05) is 54.7 Å². The van der Waals surface area contributed by atoms with Crippen molar-refractivity contribution in [3.63, 3.8) is 0 Å². The zero-order chi connectivity index (χ0) is 25.2. The van der Waals surface area contributed by atoms with E-state index in [4.69, 9.17) is 0 Å². The van der Waals surface area contributed by atoms with Gasteiger partial charge in [0.1, 0.15) is 0 Å². The fourth-order valence-corrected chi connectivity index (χ4v) is 5.24. The van der Waals surface area contributed by atoms with Crippen molar-refractivity contribution in [2.24, 2.45) is 0 Å². The monoisotopic (exact) mass is 478 g/mol. The summed E-state index contributed by atoms with van der Waals surface area (Å²) in [5.74, 6) is 0. The van der Waals surface area contributed by atoms with E-state index >= 15 is 0 Å². The van der Waals surface area contributed by atoms with Crippen molar-refractivity contribution in [1.82, 2.24) is 15.6 Å². The first-order chi connectivity index (χ1) is 15.9. The summed E-state index contributed by atoms with van der Waals surface area (Å²) in [6.45, 7) is 13.0. The number of H-pyrrole nitrogens is 1. The van der Waals surface area contributed by atoms with Gasteiger partial charge in [0.15, 0.2) is 0 Å². The van der Waals surface area contributed by atoms with E-state index in [0.717, 1.165) is 29.7 Å². The first-order valence-corrected chi connectivity index (χ1v) is 12.0. The number of pyridine rings is 1. The van der Waals surface area contributed by atoms with Gasteiger partial charge in [-0.25, -0.2) is 0 Å². The number of hydrogen-bond donors (Lipinski definition) is 3. The molecule has 0 saturated carbocycles. The van der Waals surface area contributed by atoms with Gasteiger partial charge in [0.2, 0.25) is 0 Å². The molecule has 2 aromatic rings. The SMILES string of the molecule is CCN(c1cc(C(F)(F)F)cc(CNCc2c(C)cc(C)[nH]c2=O)c1C)C1CC(C)NC(C)C1. The minimum absolute atomic E-state index is 0.169. The molecule has 0 amide bonds. The van der Waals surface area contributed by atoms with E-state index in [-0.39, 0.29) is 24.7 Å². The smallest absolute Gasteiger partial charge is 0.368 e. The Labute approximate surface area is 200 Å². The van der Waals surface area contributed by atoms with Crippen LogP contribution in [0.3, 0.4) is 0 Å². The zero-order valence-electron chi connectivity index (χ0n) is 21.0. The van der Waals surface area contributed by atoms with Gasteiger partial charge in [-0.1, -0.05) is 0 Å². The predicted molar refractivity (Wildman–Crippen MR) is 131 cm³/mol. The van der Waals surface area contributed by atoms with Gasteiger partial charge in [-0.2, -0.15) is 13.2 Å². The van der Waals surface area contributed by atoms with Crippen LogP contribution in [-0.2, 0) is 19.3 Å². The van der Waals surface area contributed by atoms with Crippen LogP contribution >= 0.6 is 0 Å². The fourth-order valence-electron chi connectivity index (χ4n) is 5.24. The van der Waals surface area contributed by atoms with Crippen LogP contribution in [0.2, 0.25) is 0 Å². The van der Waals surface area contributed by atoms with Crippen LogP contribution in [-0.4, -0.2) is 29.7 Å². The molecular weight excluding hydrogens is 441 g/mol. The fraction of sp³-hybridized carbons (Fsp3) is 0.577. The summed E-state index contributed by atoms with van der Waals surface area (Å²) in [5.41, 5.74) is 3.52. The van der Waals surface area contributed by atoms with E-state index in [1.807, 2.05) is 33.8 Å². The third-order valence-electron chi connectivity index (χ3n) is 6.84. The van der Waals surface area contributed by atoms with Crippen molar-refractivity contribution in [3.05, 3.63) is 62.1 Å². The van der Waals surface area contributed by atoms with Crippen LogP contribution in [0.25, 0.3) is 0 Å². The van der Waals surface area contributed by atoms with Gasteiger partial charge in [-0.15, -0.1) is 0 Å². The lowest BCUT2D eigenvalue weighted by Crippen LogP contribution is -2.51. The Morgan fingerprint density at radius 2 is 1.71 bits per heavy atom. The van der Waals surface area contributed by atoms with Gasteiger partial charge in [0.25, 0.3) is 5.56 Å². The molecule has 2 unspecified atom stereocenters. The number of aryl methyl sites for hydroxylation is 2. The molecule has 3 N–H and O–H groups in total. The van der Waals surface area contributed by atoms with Crippen molar-refractivity contribution in [1.29, 1.82) is 0 Å². The number of alkyl halides is 3. The molecule has 8 heteroatoms. The van der Waals surface area contributed by atoms with E-state index < -0.39 is 11.7 Å². The molecule has 1 aliphatic rings. The number of hydrogen-bond acceptors (Lipinski definition) is 4. The van der Waals surface area contributed by atoms with E-state index in [9.17, 15) is 18.0 Å². The zero-order valence-corrected chi connectivity index (χ0v) is 21.0. The van der Waals surface area contributed by atoms with Gasteiger partial charge < -0.3 is 20.5 Å². The third-order valence-corrected chi connectivity index (χ3v) is 6.84. The molecule has 1 aromatic heterocycles. The van der Waals surface area contributed by atoms with E-state index in [0.29, 0.717) is 35.4 Å². The molecule has 1 aromatic carbocycles. The number of nitrogens with one attached hydrogen (secondary N) is 3. The molecule has 3 rings (SSSR count). The van der Waals surface area contributed by atoms with Crippen LogP contribution in [0, 0.1) is 20.8 Å². The lowest BCUT2D eigenvalue weighted by molar-refractivity contribution is -0.137. The lowest BCUT2D eigenvalue weighted by Gasteiger charge is -2.41. The van der Waals surface area contributed by atoms with Crippen molar-refractivity contribution in [3.8, 4) is 0 Å². The molecule has 0 aliphatic carbocycles. The number of halogens is 3. The summed E-state index contributed by atoms with van der Waals surface area (Å²) in [6, 6.07) is 5.23. The minimum Gasteiger partial charge on any atom is -0.368 e. The highest BCUT2D eigenvalue weighted by Gasteiger charge is 2.34. The molecule has 1 fully saturated rings. The van der Waals surface area contributed by atoms with Crippen LogP contribution in [0.15, 0.2) is 23.0 Å². The standard InChI is InChI=1S/C26H37F3N4O/c1-7-33(22-9-17(4)31-18(5)10-22)24-12-21(26(27,28)29)11-20(19(24)6)13-30-14-23-15(2)8-16(3)32-25(23)34/h8,11-12,17-18,22,30-31H,7,9-10,13-14H2,1-6H3,(H,32,34). The minimum atomic E-state index is -4.43. The van der Waals surface area contributed by atoms with Crippen molar-refractivity contribution in [2.75, 3.05) is 11.4 Å². The van der Waals surface area contributed by atoms with Crippen molar-refractivity contribution in [2.45, 2.75) is 91.8 Å². The number of aromatic nitrogens is 1. The van der Waals surface area contributed by atoms with Crippen LogP contribution in [0.4, 0.5) is 18.9 Å². The Balaban J connectivity index is 1.92. The lowest BCUT2D eigenvalue weighted by atomic mass is 9.92. The number of benzene rings is 1. The van der Waals surface area contributed by atoms with Crippen LogP contribution in [0.1, 0.15) is 67.1 Å². The largest absolute Gasteiger partial charge is 0.416 e. The maximum absolute atomic E-state index is 13.8. The molecule has 188 valence electrons. The maximum Gasteiger partial charge on any atom is 0.416 e. The third kappa shape index (κ3) is 6.02. The number of piperidine rings is 1. The molecule has 2 atom stereocenters. The Hall–Kier alpha value is -2.32. The molecule has 34 heavy (non-hydrogen) atoms. The first kappa shape index (κ1) is 26.3. The van der Waals surface area contributed by atoms with Crippen molar-refractivity contribution >= 4 is 5.69 Å². The highest BCUT2D eigenvalue weighted by atomic mass is 19.4. The van der Waals surface area contributed by atoms with E-state index in [1.165, 1.54) is 12.1 Å². The molecule has 1 aliphatic heterocycles. The number of nitrogens with zero attached hydrogens (tertiary/aromatic N) is 1. The second kappa shape index (κ2) is 10.5. The summed E-state index contributed by atoms with van der Waals surface area (Å²) in [5, 5.41) is 6.71. The normalized spacial score (nSPS) is 21.0. The van der Waals surface area contributed by atoms with Gasteiger partial charge in [-0.05, 0) is 89.3 Å². The molecule has 2 heterocycles. The second-order valence-corrected chi connectivity index (χ2v) is 9.70. The topological polar surface area (TPSA) is 60.2 Å². The summed E-state index contributed by atoms with van der Waals surface area (Å²) >= 11 is 0. The van der Waals surface area contributed by atoms with Crippen LogP contribution < -0.4 is 21.1 Å². The number of anilines is 1. The average molecular weight is 479 g/mol. The van der Waals surface area contributed by atoms with E-state index in [2.05, 4.69) is 34.4 Å². The quantitative estimate of drug-likeness (QED) is 0.526. The molecule has 0 bridgehead atoms. The predicted octanol–water partition coefficient (Wildman–Crippen LogP) is 4.96. The Morgan fingerprint density at radius 1 is 1.06 bits per heavy atom. The molecular formula is C26H37F3N4O. The summed E-state index contributed by atoms with van der Waals surface area (Å²) in [7, 11) is 0. The highest BCUT2D eigenvalue weighted by molar-refractivity contribution is 5.59. The van der Waals surface area contributed by atoms with E-state index in [1.54, 1.807) is 0 Å². The summed E-state index contributed by atoms with van der Waals surface area (Å²) in [4.78, 5) is 17.2. The average Bonchev–Trinajstić information content (AvgIpc) is 2.71. The molecule has 5 nitrogen and oxygen atoms in total. The number of rotatable bonds is 7. The van der Waals surface area contributed by atoms with Gasteiger partial charge >= 0.3 is 6.18 Å². The Bertz CT molecular complexity index is 1050. The summed E-state index contributed by atoms with van der Waals surface area (Å²) in [6.07, 6.45) is -2.66. The number of aromatic amines is 1. The van der Waals surface area contributed by atoms with Crippen molar-refractivity contribution < 1.29 is 13.2 Å². The molecule has 1 saturated heterocycles. The Morgan fingerprint density at radius 3 is 2.26 bits per heavy atom. The molecule has 0 radical (unpaired) electrons. The second-order valence-electron chi connectivity index (χ2n) is 9.70. The first-order valence-electron chi connectivity index (χ1n) is 12.0. The summed E-state index contributed by atoms with van der Waals surface area (Å²) < 4.78 is 41.5. The Kier molecular flexibility index (Phi) is 8.14. The van der Waals surface area contributed by atoms with Gasteiger partial charge in [0.05, 0.1) is 5.56 Å².